The maximum Gasteiger partial charge on any atom is 0.369 e. The van der Waals surface area contributed by atoms with Gasteiger partial charge in [-0.3, -0.25) is 0 Å². The Morgan fingerprint density at radius 2 is 2.19 bits per heavy atom. The van der Waals surface area contributed by atoms with Gasteiger partial charge in [-0.1, -0.05) is 17.4 Å². The molecule has 0 fully saturated rings. The summed E-state index contributed by atoms with van der Waals surface area (Å²) in [6.45, 7) is 0. The van der Waals surface area contributed by atoms with Gasteiger partial charge in [-0.15, -0.1) is 0 Å². The standard InChI is InChI=1S/C12H10IO2S/c1-15-12(14)9-4-2-5-10(8-9)13-11-6-3-7-16-11/h2-8H,1H3/q+1. The summed E-state index contributed by atoms with van der Waals surface area (Å²) in [5, 5.41) is 2.08. The van der Waals surface area contributed by atoms with Crippen LogP contribution >= 0.6 is 11.3 Å². The first-order valence-electron chi connectivity index (χ1n) is 4.66. The third-order valence-corrected chi connectivity index (χ3v) is 6.05. The number of hydrogen-bond acceptors (Lipinski definition) is 3. The van der Waals surface area contributed by atoms with E-state index in [1.165, 1.54) is 13.6 Å². The molecule has 0 aliphatic carbocycles. The third kappa shape index (κ3) is 2.82. The molecule has 2 nitrogen and oxygen atoms in total. The number of methoxy groups -OCH3 is 1. The van der Waals surface area contributed by atoms with E-state index in [1.54, 1.807) is 17.4 Å². The van der Waals surface area contributed by atoms with E-state index >= 15 is 0 Å². The minimum absolute atomic E-state index is 0.171. The summed E-state index contributed by atoms with van der Waals surface area (Å²) in [5.41, 5.74) is 0.635. The van der Waals surface area contributed by atoms with E-state index in [9.17, 15) is 4.79 Å². The summed E-state index contributed by atoms with van der Waals surface area (Å²) >= 11 is 1.60. The SMILES string of the molecule is COC(=O)c1cccc([I+]c2cccs2)c1. The lowest BCUT2D eigenvalue weighted by molar-refractivity contribution is -0.591. The van der Waals surface area contributed by atoms with Crippen molar-refractivity contribution in [2.24, 2.45) is 0 Å². The molecule has 0 unspecified atom stereocenters. The van der Waals surface area contributed by atoms with Gasteiger partial charge in [-0.25, -0.2) is 4.79 Å². The first-order valence-corrected chi connectivity index (χ1v) is 7.70. The zero-order chi connectivity index (χ0) is 11.4. The molecular weight excluding hydrogens is 335 g/mol. The largest absolute Gasteiger partial charge is 0.465 e. The van der Waals surface area contributed by atoms with Gasteiger partial charge in [-0.05, 0) is 23.6 Å². The molecule has 0 amide bonds. The summed E-state index contributed by atoms with van der Waals surface area (Å²) in [6, 6.07) is 11.9. The van der Waals surface area contributed by atoms with Gasteiger partial charge in [0.1, 0.15) is 0 Å². The van der Waals surface area contributed by atoms with Crippen LogP contribution in [-0.4, -0.2) is 13.1 Å². The molecule has 0 aliphatic heterocycles. The molecule has 1 heterocycles. The van der Waals surface area contributed by atoms with Crippen molar-refractivity contribution in [2.75, 3.05) is 7.11 Å². The lowest BCUT2D eigenvalue weighted by Gasteiger charge is -1.96. The number of hydrogen-bond donors (Lipinski definition) is 0. The Hall–Kier alpha value is -0.880. The van der Waals surface area contributed by atoms with Crippen LogP contribution in [-0.2, 0) is 4.74 Å². The molecule has 1 aromatic carbocycles. The minimum atomic E-state index is -0.267. The van der Waals surface area contributed by atoms with E-state index in [2.05, 4.69) is 23.6 Å². The summed E-state index contributed by atoms with van der Waals surface area (Å²) in [5.74, 6) is -0.267. The first kappa shape index (κ1) is 11.6. The second-order valence-electron chi connectivity index (χ2n) is 3.01. The molecular formula is C12H10IO2S+. The first-order chi connectivity index (χ1) is 7.79. The molecule has 1 aromatic heterocycles. The predicted octanol–water partition coefficient (Wildman–Crippen LogP) is -0.337. The van der Waals surface area contributed by atoms with Crippen LogP contribution in [0.2, 0.25) is 0 Å². The van der Waals surface area contributed by atoms with Crippen LogP contribution in [0.3, 0.4) is 0 Å². The number of esters is 1. The number of ether oxygens (including phenoxy) is 1. The molecule has 4 heteroatoms. The number of benzene rings is 1. The molecule has 0 atom stereocenters. The maximum absolute atomic E-state index is 11.4. The summed E-state index contributed by atoms with van der Waals surface area (Å²) in [6.07, 6.45) is 0. The second kappa shape index (κ2) is 5.45. The highest BCUT2D eigenvalue weighted by atomic mass is 127. The van der Waals surface area contributed by atoms with Crippen molar-refractivity contribution in [2.45, 2.75) is 0 Å². The van der Waals surface area contributed by atoms with Crippen molar-refractivity contribution in [3.8, 4) is 0 Å². The predicted molar refractivity (Wildman–Crippen MR) is 59.5 cm³/mol. The normalized spacial score (nSPS) is 10.1. The van der Waals surface area contributed by atoms with Crippen LogP contribution in [0.25, 0.3) is 0 Å². The van der Waals surface area contributed by atoms with Crippen LogP contribution < -0.4 is 21.2 Å². The van der Waals surface area contributed by atoms with E-state index in [-0.39, 0.29) is 27.2 Å². The third-order valence-electron chi connectivity index (χ3n) is 1.93. The summed E-state index contributed by atoms with van der Waals surface area (Å²) < 4.78 is 7.35. The molecule has 0 N–H and O–H groups in total. The van der Waals surface area contributed by atoms with Gasteiger partial charge in [0.15, 0.2) is 3.57 Å². The Morgan fingerprint density at radius 1 is 1.31 bits per heavy atom. The number of halogens is 1. The Bertz CT molecular complexity index is 480. The molecule has 0 bridgehead atoms. The fourth-order valence-corrected chi connectivity index (χ4v) is 5.00. The van der Waals surface area contributed by atoms with Crippen LogP contribution in [0.1, 0.15) is 10.4 Å². The molecule has 0 aliphatic rings. The van der Waals surface area contributed by atoms with Gasteiger partial charge in [-0.2, -0.15) is 0 Å². The number of rotatable bonds is 3. The average Bonchev–Trinajstić information content (AvgIpc) is 2.81. The van der Waals surface area contributed by atoms with E-state index in [0.29, 0.717) is 5.56 Å². The lowest BCUT2D eigenvalue weighted by atomic mass is 10.2. The number of thiophene rings is 1. The molecule has 2 aromatic rings. The smallest absolute Gasteiger partial charge is 0.369 e. The average molecular weight is 345 g/mol. The van der Waals surface area contributed by atoms with Gasteiger partial charge in [0, 0.05) is 12.1 Å². The van der Waals surface area contributed by atoms with Crippen LogP contribution in [0, 0.1) is 6.45 Å². The van der Waals surface area contributed by atoms with E-state index in [0.717, 1.165) is 0 Å². The maximum atomic E-state index is 11.4. The van der Waals surface area contributed by atoms with E-state index in [1.807, 2.05) is 12.1 Å². The minimum Gasteiger partial charge on any atom is -0.465 e. The van der Waals surface area contributed by atoms with Crippen molar-refractivity contribution < 1.29 is 30.7 Å². The van der Waals surface area contributed by atoms with Crippen LogP contribution in [0.5, 0.6) is 0 Å². The van der Waals surface area contributed by atoms with Crippen molar-refractivity contribution in [1.29, 1.82) is 0 Å². The van der Waals surface area contributed by atoms with Crippen molar-refractivity contribution in [3.63, 3.8) is 0 Å². The fourth-order valence-electron chi connectivity index (χ4n) is 1.21. The number of carbonyl (C=O) groups is 1. The van der Waals surface area contributed by atoms with E-state index < -0.39 is 0 Å². The van der Waals surface area contributed by atoms with Crippen LogP contribution in [0.15, 0.2) is 41.8 Å². The van der Waals surface area contributed by atoms with Gasteiger partial charge in [0.05, 0.1) is 12.7 Å². The van der Waals surface area contributed by atoms with Gasteiger partial charge in [0.25, 0.3) is 0 Å². The highest BCUT2D eigenvalue weighted by Crippen LogP contribution is 2.00. The number of carbonyl (C=O) groups excluding carboxylic acids is 1. The van der Waals surface area contributed by atoms with E-state index in [4.69, 9.17) is 4.74 Å². The molecule has 0 saturated carbocycles. The summed E-state index contributed by atoms with van der Waals surface area (Å²) in [7, 11) is 1.41. The molecule has 0 radical (unpaired) electrons. The van der Waals surface area contributed by atoms with Gasteiger partial charge < -0.3 is 4.74 Å². The Kier molecular flexibility index (Phi) is 3.95. The quantitative estimate of drug-likeness (QED) is 0.562. The molecule has 0 saturated heterocycles. The second-order valence-corrected chi connectivity index (χ2v) is 7.64. The highest BCUT2D eigenvalue weighted by molar-refractivity contribution is 7.07. The lowest BCUT2D eigenvalue weighted by Crippen LogP contribution is -3.61. The molecule has 82 valence electrons. The Labute approximate surface area is 109 Å². The van der Waals surface area contributed by atoms with Crippen molar-refractivity contribution >= 4 is 17.3 Å². The molecule has 2 rings (SSSR count). The zero-order valence-corrected chi connectivity index (χ0v) is 11.6. The zero-order valence-electron chi connectivity index (χ0n) is 8.64. The monoisotopic (exact) mass is 345 g/mol. The van der Waals surface area contributed by atoms with Crippen molar-refractivity contribution in [3.05, 3.63) is 53.8 Å². The summed E-state index contributed by atoms with van der Waals surface area (Å²) in [4.78, 5) is 11.4. The van der Waals surface area contributed by atoms with Crippen molar-refractivity contribution in [1.82, 2.24) is 0 Å². The Balaban J connectivity index is 2.19. The topological polar surface area (TPSA) is 26.3 Å². The van der Waals surface area contributed by atoms with Gasteiger partial charge >= 0.3 is 27.2 Å². The fraction of sp³-hybridized carbons (Fsp3) is 0.0833. The molecule has 16 heavy (non-hydrogen) atoms. The Morgan fingerprint density at radius 3 is 2.88 bits per heavy atom. The van der Waals surface area contributed by atoms with Crippen LogP contribution in [0.4, 0.5) is 0 Å². The van der Waals surface area contributed by atoms with Gasteiger partial charge in [0.2, 0.25) is 2.88 Å². The molecule has 0 spiro atoms. The highest BCUT2D eigenvalue weighted by Gasteiger charge is 2.18.